The summed E-state index contributed by atoms with van der Waals surface area (Å²) in [5.74, 6) is -1.34. The first-order valence-electron chi connectivity index (χ1n) is 5.35. The number of nitrogens with one attached hydrogen (secondary N) is 1. The maximum Gasteiger partial charge on any atom is 0.303 e. The largest absolute Gasteiger partial charge is 0.481 e. The zero-order valence-electron chi connectivity index (χ0n) is 9.39. The topological polar surface area (TPSA) is 75.1 Å². The lowest BCUT2D eigenvalue weighted by Gasteiger charge is -2.00. The second-order valence-corrected chi connectivity index (χ2v) is 3.81. The number of H-pyrrole nitrogens is 1. The van der Waals surface area contributed by atoms with E-state index < -0.39 is 5.97 Å². The minimum Gasteiger partial charge on any atom is -0.481 e. The van der Waals surface area contributed by atoms with Crippen molar-refractivity contribution in [2.45, 2.75) is 12.8 Å². The van der Waals surface area contributed by atoms with Crippen LogP contribution in [0.3, 0.4) is 0 Å². The van der Waals surface area contributed by atoms with Crippen molar-refractivity contribution in [2.75, 3.05) is 0 Å². The second kappa shape index (κ2) is 4.87. The molecule has 0 bridgehead atoms. The van der Waals surface area contributed by atoms with E-state index in [1.807, 2.05) is 0 Å². The standard InChI is InChI=1S/C12H11FN2O3/c13-9-2-4-10(5-3-9)15-12(18)8(7-14-15)1-6-11(16)17/h2-5,7,14H,1,6H2,(H,16,17). The SMILES string of the molecule is O=C(O)CCc1c[nH]n(-c2ccc(F)cc2)c1=O. The summed E-state index contributed by atoms with van der Waals surface area (Å²) in [5, 5.41) is 11.3. The Morgan fingerprint density at radius 3 is 2.61 bits per heavy atom. The van der Waals surface area contributed by atoms with E-state index in [4.69, 9.17) is 5.11 Å². The number of benzene rings is 1. The second-order valence-electron chi connectivity index (χ2n) is 3.81. The van der Waals surface area contributed by atoms with E-state index in [-0.39, 0.29) is 24.2 Å². The molecule has 0 aliphatic carbocycles. The fourth-order valence-corrected chi connectivity index (χ4v) is 1.61. The lowest BCUT2D eigenvalue weighted by molar-refractivity contribution is -0.136. The number of aromatic amines is 1. The average Bonchev–Trinajstić information content (AvgIpc) is 2.69. The number of hydrogen-bond acceptors (Lipinski definition) is 2. The Kier molecular flexibility index (Phi) is 3.27. The first-order valence-corrected chi connectivity index (χ1v) is 5.35. The molecule has 0 saturated carbocycles. The molecule has 5 nitrogen and oxygen atoms in total. The van der Waals surface area contributed by atoms with Crippen LogP contribution in [-0.2, 0) is 11.2 Å². The van der Waals surface area contributed by atoms with Gasteiger partial charge in [-0.05, 0) is 30.7 Å². The third kappa shape index (κ3) is 2.48. The Balaban J connectivity index is 2.28. The number of carbonyl (C=O) groups is 1. The van der Waals surface area contributed by atoms with Crippen LogP contribution in [0.5, 0.6) is 0 Å². The van der Waals surface area contributed by atoms with Crippen LogP contribution >= 0.6 is 0 Å². The first kappa shape index (κ1) is 12.1. The lowest BCUT2D eigenvalue weighted by atomic mass is 10.2. The number of aromatic nitrogens is 2. The van der Waals surface area contributed by atoms with Gasteiger partial charge >= 0.3 is 5.97 Å². The Hall–Kier alpha value is -2.37. The smallest absolute Gasteiger partial charge is 0.303 e. The molecule has 2 rings (SSSR count). The van der Waals surface area contributed by atoms with E-state index in [0.717, 1.165) is 0 Å². The quantitative estimate of drug-likeness (QED) is 0.859. The summed E-state index contributed by atoms with van der Waals surface area (Å²) in [7, 11) is 0. The summed E-state index contributed by atoms with van der Waals surface area (Å²) in [4.78, 5) is 22.3. The van der Waals surface area contributed by atoms with Gasteiger partial charge in [-0.3, -0.25) is 14.7 Å². The van der Waals surface area contributed by atoms with Gasteiger partial charge in [0.15, 0.2) is 0 Å². The molecular formula is C12H11FN2O3. The van der Waals surface area contributed by atoms with Crippen LogP contribution in [0.4, 0.5) is 4.39 Å². The number of aryl methyl sites for hydroxylation is 1. The Labute approximate surface area is 101 Å². The third-order valence-electron chi connectivity index (χ3n) is 2.54. The summed E-state index contributed by atoms with van der Waals surface area (Å²) in [5.41, 5.74) is 0.576. The van der Waals surface area contributed by atoms with E-state index >= 15 is 0 Å². The van der Waals surface area contributed by atoms with Gasteiger partial charge in [0, 0.05) is 18.2 Å². The number of nitrogens with zero attached hydrogens (tertiary/aromatic N) is 1. The van der Waals surface area contributed by atoms with Crippen molar-refractivity contribution in [1.82, 2.24) is 9.78 Å². The van der Waals surface area contributed by atoms with Crippen LogP contribution in [0, 0.1) is 5.82 Å². The number of carboxylic acids is 1. The molecule has 1 heterocycles. The van der Waals surface area contributed by atoms with Crippen LogP contribution in [0.2, 0.25) is 0 Å². The predicted octanol–water partition coefficient (Wildman–Crippen LogP) is 1.32. The Morgan fingerprint density at radius 1 is 1.33 bits per heavy atom. The molecule has 0 saturated heterocycles. The molecule has 0 aliphatic heterocycles. The molecule has 2 aromatic rings. The van der Waals surface area contributed by atoms with Crippen molar-refractivity contribution in [3.05, 3.63) is 52.2 Å². The average molecular weight is 250 g/mol. The lowest BCUT2D eigenvalue weighted by Crippen LogP contribution is -2.17. The van der Waals surface area contributed by atoms with E-state index in [1.54, 1.807) is 0 Å². The molecule has 0 aliphatic rings. The molecule has 0 radical (unpaired) electrons. The molecule has 0 spiro atoms. The molecule has 1 aromatic heterocycles. The number of halogens is 1. The van der Waals surface area contributed by atoms with Crippen molar-refractivity contribution in [2.24, 2.45) is 0 Å². The van der Waals surface area contributed by atoms with Gasteiger partial charge < -0.3 is 5.11 Å². The van der Waals surface area contributed by atoms with Crippen molar-refractivity contribution in [1.29, 1.82) is 0 Å². The van der Waals surface area contributed by atoms with Crippen LogP contribution in [-0.4, -0.2) is 20.9 Å². The molecular weight excluding hydrogens is 239 g/mol. The van der Waals surface area contributed by atoms with Crippen LogP contribution in [0.15, 0.2) is 35.3 Å². The Morgan fingerprint density at radius 2 is 2.00 bits per heavy atom. The molecule has 2 N–H and O–H groups in total. The minimum absolute atomic E-state index is 0.101. The fourth-order valence-electron chi connectivity index (χ4n) is 1.61. The number of rotatable bonds is 4. The first-order chi connectivity index (χ1) is 8.58. The molecule has 1 aromatic carbocycles. The maximum atomic E-state index is 12.8. The molecule has 94 valence electrons. The third-order valence-corrected chi connectivity index (χ3v) is 2.54. The fraction of sp³-hybridized carbons (Fsp3) is 0.167. The van der Waals surface area contributed by atoms with Crippen molar-refractivity contribution in [3.8, 4) is 5.69 Å². The summed E-state index contributed by atoms with van der Waals surface area (Å²) in [6, 6.07) is 5.43. The minimum atomic E-state index is -0.955. The molecule has 0 unspecified atom stereocenters. The summed E-state index contributed by atoms with van der Waals surface area (Å²) < 4.78 is 14.0. The van der Waals surface area contributed by atoms with Crippen molar-refractivity contribution >= 4 is 5.97 Å². The molecule has 0 amide bonds. The van der Waals surface area contributed by atoms with Crippen LogP contribution < -0.4 is 5.56 Å². The highest BCUT2D eigenvalue weighted by Gasteiger charge is 2.09. The van der Waals surface area contributed by atoms with Crippen molar-refractivity contribution in [3.63, 3.8) is 0 Å². The van der Waals surface area contributed by atoms with Gasteiger partial charge in [0.05, 0.1) is 5.69 Å². The van der Waals surface area contributed by atoms with Gasteiger partial charge in [-0.2, -0.15) is 0 Å². The summed E-state index contributed by atoms with van der Waals surface area (Å²) in [6.07, 6.45) is 1.53. The highest BCUT2D eigenvalue weighted by Crippen LogP contribution is 2.06. The van der Waals surface area contributed by atoms with Gasteiger partial charge in [-0.15, -0.1) is 0 Å². The van der Waals surface area contributed by atoms with Crippen molar-refractivity contribution < 1.29 is 14.3 Å². The number of aliphatic carboxylic acids is 1. The van der Waals surface area contributed by atoms with E-state index in [2.05, 4.69) is 5.10 Å². The van der Waals surface area contributed by atoms with Gasteiger partial charge in [-0.25, -0.2) is 9.07 Å². The monoisotopic (exact) mass is 250 g/mol. The van der Waals surface area contributed by atoms with E-state index in [0.29, 0.717) is 11.3 Å². The highest BCUT2D eigenvalue weighted by atomic mass is 19.1. The normalized spacial score (nSPS) is 10.5. The molecule has 18 heavy (non-hydrogen) atoms. The van der Waals surface area contributed by atoms with Gasteiger partial charge in [0.2, 0.25) is 0 Å². The van der Waals surface area contributed by atoms with Crippen LogP contribution in [0.25, 0.3) is 5.69 Å². The summed E-state index contributed by atoms with van der Waals surface area (Å²) in [6.45, 7) is 0. The number of hydrogen-bond donors (Lipinski definition) is 2. The summed E-state index contributed by atoms with van der Waals surface area (Å²) >= 11 is 0. The van der Waals surface area contributed by atoms with E-state index in [1.165, 1.54) is 35.1 Å². The Bertz CT molecular complexity index is 613. The molecule has 0 fully saturated rings. The predicted molar refractivity (Wildman–Crippen MR) is 62.3 cm³/mol. The zero-order chi connectivity index (χ0) is 13.1. The molecule has 0 atom stereocenters. The highest BCUT2D eigenvalue weighted by molar-refractivity contribution is 5.67. The maximum absolute atomic E-state index is 12.8. The molecule has 6 heteroatoms. The van der Waals surface area contributed by atoms with Gasteiger partial charge in [0.25, 0.3) is 5.56 Å². The van der Waals surface area contributed by atoms with Crippen LogP contribution in [0.1, 0.15) is 12.0 Å². The van der Waals surface area contributed by atoms with Gasteiger partial charge in [-0.1, -0.05) is 0 Å². The van der Waals surface area contributed by atoms with E-state index in [9.17, 15) is 14.0 Å². The zero-order valence-corrected chi connectivity index (χ0v) is 9.39. The van der Waals surface area contributed by atoms with Gasteiger partial charge in [0.1, 0.15) is 5.82 Å². The number of carboxylic acid groups (broad SMARTS) is 1.